The number of carboxylic acids is 1. The number of hydrogen-bond donors (Lipinski definition) is 3. The van der Waals surface area contributed by atoms with Gasteiger partial charge in [0.1, 0.15) is 12.1 Å². The van der Waals surface area contributed by atoms with Gasteiger partial charge in [0.25, 0.3) is 5.91 Å². The molecule has 35 heavy (non-hydrogen) atoms. The minimum Gasteiger partial charge on any atom is -0.480 e. The number of fused-ring (bicyclic) bond motifs is 3. The number of carbonyl (C=O) groups is 3. The largest absolute Gasteiger partial charge is 0.480 e. The molecule has 0 saturated heterocycles. The summed E-state index contributed by atoms with van der Waals surface area (Å²) < 4.78 is 5.54. The van der Waals surface area contributed by atoms with E-state index < -0.39 is 23.5 Å². The van der Waals surface area contributed by atoms with Gasteiger partial charge in [0.2, 0.25) is 0 Å². The van der Waals surface area contributed by atoms with Crippen molar-refractivity contribution in [3.8, 4) is 11.1 Å². The lowest BCUT2D eigenvalue weighted by Crippen LogP contribution is -2.49. The molecule has 4 rings (SSSR count). The molecule has 0 unspecified atom stereocenters. The van der Waals surface area contributed by atoms with Crippen LogP contribution in [-0.2, 0) is 16.0 Å². The number of amides is 2. The molecule has 0 saturated carbocycles. The van der Waals surface area contributed by atoms with Crippen LogP contribution in [0.5, 0.6) is 0 Å². The van der Waals surface area contributed by atoms with Crippen LogP contribution < -0.4 is 10.6 Å². The van der Waals surface area contributed by atoms with Crippen LogP contribution in [-0.4, -0.2) is 41.8 Å². The molecule has 0 bridgehead atoms. The molecule has 0 atom stereocenters. The van der Waals surface area contributed by atoms with Crippen molar-refractivity contribution in [1.29, 1.82) is 0 Å². The normalized spacial score (nSPS) is 12.4. The maximum absolute atomic E-state index is 12.3. The lowest BCUT2D eigenvalue weighted by molar-refractivity contribution is -0.143. The van der Waals surface area contributed by atoms with Crippen molar-refractivity contribution >= 4 is 18.0 Å². The molecule has 1 aliphatic rings. The number of nitrogens with one attached hydrogen (secondary N) is 2. The molecule has 0 aliphatic heterocycles. The first kappa shape index (κ1) is 24.0. The zero-order valence-electron chi connectivity index (χ0n) is 19.7. The van der Waals surface area contributed by atoms with E-state index in [1.807, 2.05) is 24.3 Å². The molecule has 3 N–H and O–H groups in total. The average molecular weight is 473 g/mol. The number of ether oxygens (including phenoxy) is 1. The van der Waals surface area contributed by atoms with Gasteiger partial charge in [-0.2, -0.15) is 0 Å². The van der Waals surface area contributed by atoms with E-state index in [-0.39, 0.29) is 12.5 Å². The summed E-state index contributed by atoms with van der Waals surface area (Å²) >= 11 is 0. The molecular weight excluding hydrogens is 444 g/mol. The van der Waals surface area contributed by atoms with E-state index in [0.29, 0.717) is 18.5 Å². The Kier molecular flexibility index (Phi) is 6.87. The molecule has 0 aromatic heterocycles. The molecule has 0 radical (unpaired) electrons. The molecule has 180 valence electrons. The van der Waals surface area contributed by atoms with Crippen LogP contribution in [0.4, 0.5) is 4.79 Å². The summed E-state index contributed by atoms with van der Waals surface area (Å²) in [5.41, 5.74) is 4.63. The van der Waals surface area contributed by atoms with Crippen LogP contribution in [0.25, 0.3) is 11.1 Å². The third-order valence-corrected chi connectivity index (χ3v) is 6.20. The quantitative estimate of drug-likeness (QED) is 0.452. The van der Waals surface area contributed by atoms with Crippen molar-refractivity contribution in [2.75, 3.05) is 13.2 Å². The van der Waals surface area contributed by atoms with Gasteiger partial charge in [-0.1, -0.05) is 60.7 Å². The van der Waals surface area contributed by atoms with Gasteiger partial charge in [0.15, 0.2) is 0 Å². The van der Waals surface area contributed by atoms with Gasteiger partial charge in [-0.05, 0) is 60.2 Å². The number of rotatable bonds is 8. The summed E-state index contributed by atoms with van der Waals surface area (Å²) in [6.45, 7) is 3.50. The summed E-state index contributed by atoms with van der Waals surface area (Å²) in [5.74, 6) is -1.56. The first-order valence-corrected chi connectivity index (χ1v) is 11.5. The summed E-state index contributed by atoms with van der Waals surface area (Å²) in [5, 5.41) is 14.4. The topological polar surface area (TPSA) is 105 Å². The SMILES string of the molecule is CC(C)(NC(=O)c1ccc(CCNC(=O)OCC2c3ccccc3-c3ccccc32)cc1)C(=O)O. The van der Waals surface area contributed by atoms with Gasteiger partial charge in [-0.15, -0.1) is 0 Å². The van der Waals surface area contributed by atoms with Crippen LogP contribution in [0.2, 0.25) is 0 Å². The Bertz CT molecular complexity index is 1200. The molecule has 0 fully saturated rings. The molecule has 7 nitrogen and oxygen atoms in total. The Balaban J connectivity index is 1.26. The lowest BCUT2D eigenvalue weighted by Gasteiger charge is -2.21. The average Bonchev–Trinajstić information content (AvgIpc) is 3.16. The Morgan fingerprint density at radius 1 is 0.886 bits per heavy atom. The van der Waals surface area contributed by atoms with Gasteiger partial charge in [0, 0.05) is 18.0 Å². The Morgan fingerprint density at radius 3 is 2.03 bits per heavy atom. The number of aliphatic carboxylic acids is 1. The van der Waals surface area contributed by atoms with Crippen LogP contribution >= 0.6 is 0 Å². The predicted octanol–water partition coefficient (Wildman–Crippen LogP) is 4.36. The Hall–Kier alpha value is -4.13. The van der Waals surface area contributed by atoms with Crippen molar-refractivity contribution in [3.63, 3.8) is 0 Å². The molecule has 1 aliphatic carbocycles. The molecule has 2 amide bonds. The van der Waals surface area contributed by atoms with Crippen molar-refractivity contribution in [2.24, 2.45) is 0 Å². The van der Waals surface area contributed by atoms with E-state index in [9.17, 15) is 14.4 Å². The highest BCUT2D eigenvalue weighted by molar-refractivity contribution is 5.97. The summed E-state index contributed by atoms with van der Waals surface area (Å²) in [6.07, 6.45) is 0.0888. The van der Waals surface area contributed by atoms with Crippen LogP contribution in [0.1, 0.15) is 46.8 Å². The fourth-order valence-corrected chi connectivity index (χ4v) is 4.19. The minimum absolute atomic E-state index is 0.0120. The second-order valence-electron chi connectivity index (χ2n) is 9.08. The van der Waals surface area contributed by atoms with Gasteiger partial charge in [-0.3, -0.25) is 4.79 Å². The third kappa shape index (κ3) is 5.35. The number of alkyl carbamates (subject to hydrolysis) is 1. The second kappa shape index (κ2) is 10.0. The van der Waals surface area contributed by atoms with E-state index in [0.717, 1.165) is 16.7 Å². The van der Waals surface area contributed by atoms with E-state index in [2.05, 4.69) is 34.9 Å². The lowest BCUT2D eigenvalue weighted by atomic mass is 9.98. The molecule has 0 heterocycles. The fraction of sp³-hybridized carbons (Fsp3) is 0.250. The molecule has 3 aromatic carbocycles. The van der Waals surface area contributed by atoms with Crippen molar-refractivity contribution in [3.05, 3.63) is 95.1 Å². The number of hydrogen-bond acceptors (Lipinski definition) is 4. The maximum atomic E-state index is 12.3. The Morgan fingerprint density at radius 2 is 1.46 bits per heavy atom. The first-order valence-electron chi connectivity index (χ1n) is 11.5. The van der Waals surface area contributed by atoms with Crippen molar-refractivity contribution in [1.82, 2.24) is 10.6 Å². The summed E-state index contributed by atoms with van der Waals surface area (Å²) in [6, 6.07) is 23.2. The van der Waals surface area contributed by atoms with Gasteiger partial charge in [0.05, 0.1) is 0 Å². The van der Waals surface area contributed by atoms with Crippen molar-refractivity contribution < 1.29 is 24.2 Å². The van der Waals surface area contributed by atoms with E-state index in [1.165, 1.54) is 25.0 Å². The maximum Gasteiger partial charge on any atom is 0.407 e. The second-order valence-corrected chi connectivity index (χ2v) is 9.08. The van der Waals surface area contributed by atoms with Gasteiger partial charge < -0.3 is 20.5 Å². The van der Waals surface area contributed by atoms with Crippen LogP contribution in [0.15, 0.2) is 72.8 Å². The van der Waals surface area contributed by atoms with Crippen molar-refractivity contribution in [2.45, 2.75) is 31.7 Å². The summed E-state index contributed by atoms with van der Waals surface area (Å²) in [7, 11) is 0. The van der Waals surface area contributed by atoms with Crippen LogP contribution in [0, 0.1) is 0 Å². The zero-order chi connectivity index (χ0) is 25.0. The standard InChI is InChI=1S/C28H28N2O5/c1-28(2,26(32)33)30-25(31)19-13-11-18(12-14-19)15-16-29-27(34)35-17-24-22-9-5-3-7-20(22)21-8-4-6-10-23(21)24/h3-14,24H,15-17H2,1-2H3,(H,29,34)(H,30,31)(H,32,33). The fourth-order valence-electron chi connectivity index (χ4n) is 4.19. The Labute approximate surface area is 204 Å². The molecule has 3 aromatic rings. The number of carbonyl (C=O) groups excluding carboxylic acids is 2. The third-order valence-electron chi connectivity index (χ3n) is 6.20. The smallest absolute Gasteiger partial charge is 0.407 e. The molecule has 0 spiro atoms. The summed E-state index contributed by atoms with van der Waals surface area (Å²) in [4.78, 5) is 35.8. The number of carboxylic acid groups (broad SMARTS) is 1. The first-order chi connectivity index (χ1) is 16.8. The monoisotopic (exact) mass is 472 g/mol. The van der Waals surface area contributed by atoms with Crippen LogP contribution in [0.3, 0.4) is 0 Å². The minimum atomic E-state index is -1.36. The van der Waals surface area contributed by atoms with E-state index >= 15 is 0 Å². The predicted molar refractivity (Wildman–Crippen MR) is 132 cm³/mol. The number of benzene rings is 3. The van der Waals surface area contributed by atoms with Gasteiger partial charge >= 0.3 is 12.1 Å². The highest BCUT2D eigenvalue weighted by Crippen LogP contribution is 2.44. The highest BCUT2D eigenvalue weighted by Gasteiger charge is 2.30. The van der Waals surface area contributed by atoms with Gasteiger partial charge in [-0.25, -0.2) is 9.59 Å². The molecular formula is C28H28N2O5. The van der Waals surface area contributed by atoms with E-state index in [4.69, 9.17) is 9.84 Å². The van der Waals surface area contributed by atoms with E-state index in [1.54, 1.807) is 24.3 Å². The highest BCUT2D eigenvalue weighted by atomic mass is 16.5. The molecule has 7 heteroatoms. The zero-order valence-corrected chi connectivity index (χ0v) is 19.7.